The van der Waals surface area contributed by atoms with Crippen LogP contribution in [-0.4, -0.2) is 6.54 Å². The maximum Gasteiger partial charge on any atom is 0.279 e. The van der Waals surface area contributed by atoms with Gasteiger partial charge in [0.15, 0.2) is 0 Å². The van der Waals surface area contributed by atoms with Gasteiger partial charge in [-0.1, -0.05) is 50.2 Å². The molecule has 2 rings (SSSR count). The summed E-state index contributed by atoms with van der Waals surface area (Å²) in [5.41, 5.74) is 4.23. The van der Waals surface area contributed by atoms with Gasteiger partial charge in [0.1, 0.15) is 0 Å². The SMILES string of the molecule is CC(C)(CN)C(F)(F)c1ccc2ccccc2c1. The molecule has 0 amide bonds. The first kappa shape index (κ1) is 13.0. The molecule has 0 aliphatic rings. The van der Waals surface area contributed by atoms with Crippen LogP contribution in [0.15, 0.2) is 42.5 Å². The fourth-order valence-electron chi connectivity index (χ4n) is 1.90. The third-order valence-corrected chi connectivity index (χ3v) is 3.47. The standard InChI is InChI=1S/C15H17F2N/c1-14(2,10-18)15(16,17)13-8-7-11-5-3-4-6-12(11)9-13/h3-9H,10,18H2,1-2H3. The fourth-order valence-corrected chi connectivity index (χ4v) is 1.90. The second kappa shape index (κ2) is 4.32. The van der Waals surface area contributed by atoms with Gasteiger partial charge >= 0.3 is 0 Å². The molecule has 0 bridgehead atoms. The number of alkyl halides is 2. The molecule has 0 atom stereocenters. The lowest BCUT2D eigenvalue weighted by Crippen LogP contribution is -2.40. The molecule has 0 fully saturated rings. The molecule has 96 valence electrons. The highest BCUT2D eigenvalue weighted by Gasteiger charge is 2.47. The van der Waals surface area contributed by atoms with Crippen molar-refractivity contribution < 1.29 is 8.78 Å². The minimum atomic E-state index is -2.94. The van der Waals surface area contributed by atoms with Gasteiger partial charge in [0, 0.05) is 17.5 Å². The lowest BCUT2D eigenvalue weighted by Gasteiger charge is -2.33. The molecule has 0 aliphatic carbocycles. The highest BCUT2D eigenvalue weighted by Crippen LogP contribution is 2.44. The molecular weight excluding hydrogens is 232 g/mol. The Morgan fingerprint density at radius 3 is 2.22 bits per heavy atom. The van der Waals surface area contributed by atoms with Gasteiger partial charge in [0.2, 0.25) is 0 Å². The quantitative estimate of drug-likeness (QED) is 0.876. The van der Waals surface area contributed by atoms with Gasteiger partial charge in [-0.3, -0.25) is 0 Å². The minimum absolute atomic E-state index is 0.0247. The number of benzene rings is 2. The summed E-state index contributed by atoms with van der Waals surface area (Å²) in [5, 5.41) is 1.78. The third-order valence-electron chi connectivity index (χ3n) is 3.47. The van der Waals surface area contributed by atoms with Crippen LogP contribution in [0.3, 0.4) is 0 Å². The van der Waals surface area contributed by atoms with E-state index in [-0.39, 0.29) is 12.1 Å². The minimum Gasteiger partial charge on any atom is -0.330 e. The predicted molar refractivity (Wildman–Crippen MR) is 70.7 cm³/mol. The maximum atomic E-state index is 14.4. The van der Waals surface area contributed by atoms with Crippen molar-refractivity contribution in [3.63, 3.8) is 0 Å². The van der Waals surface area contributed by atoms with E-state index >= 15 is 0 Å². The molecule has 0 aromatic heterocycles. The molecule has 0 saturated heterocycles. The molecule has 0 radical (unpaired) electrons. The Morgan fingerprint density at radius 2 is 1.61 bits per heavy atom. The normalized spacial score (nSPS) is 12.9. The smallest absolute Gasteiger partial charge is 0.279 e. The van der Waals surface area contributed by atoms with Crippen LogP contribution in [0.2, 0.25) is 0 Å². The van der Waals surface area contributed by atoms with Crippen LogP contribution >= 0.6 is 0 Å². The van der Waals surface area contributed by atoms with Crippen LogP contribution in [0, 0.1) is 5.41 Å². The van der Waals surface area contributed by atoms with Crippen molar-refractivity contribution >= 4 is 10.8 Å². The molecule has 0 unspecified atom stereocenters. The van der Waals surface area contributed by atoms with Gasteiger partial charge in [0.05, 0.1) is 0 Å². The molecule has 0 saturated carbocycles. The van der Waals surface area contributed by atoms with Crippen molar-refractivity contribution in [1.82, 2.24) is 0 Å². The molecule has 0 aliphatic heterocycles. The van der Waals surface area contributed by atoms with Crippen LogP contribution in [0.4, 0.5) is 8.78 Å². The van der Waals surface area contributed by atoms with Crippen LogP contribution in [0.25, 0.3) is 10.8 Å². The molecule has 2 aromatic carbocycles. The molecule has 0 heterocycles. The van der Waals surface area contributed by atoms with Crippen molar-refractivity contribution in [1.29, 1.82) is 0 Å². The van der Waals surface area contributed by atoms with Gasteiger partial charge in [-0.25, -0.2) is 8.78 Å². The molecule has 18 heavy (non-hydrogen) atoms. The molecular formula is C15H17F2N. The first-order chi connectivity index (χ1) is 8.38. The summed E-state index contributed by atoms with van der Waals surface area (Å²) in [6, 6.07) is 12.2. The zero-order chi connectivity index (χ0) is 13.4. The van der Waals surface area contributed by atoms with Gasteiger partial charge in [-0.15, -0.1) is 0 Å². The summed E-state index contributed by atoms with van der Waals surface area (Å²) < 4.78 is 28.8. The number of rotatable bonds is 3. The molecule has 3 heteroatoms. The van der Waals surface area contributed by atoms with Gasteiger partial charge in [-0.05, 0) is 16.8 Å². The third kappa shape index (κ3) is 1.99. The lowest BCUT2D eigenvalue weighted by molar-refractivity contribution is -0.108. The van der Waals surface area contributed by atoms with Crippen LogP contribution in [0.5, 0.6) is 0 Å². The highest BCUT2D eigenvalue weighted by atomic mass is 19.3. The molecule has 2 N–H and O–H groups in total. The summed E-state index contributed by atoms with van der Waals surface area (Å²) in [6.07, 6.45) is 0. The van der Waals surface area contributed by atoms with E-state index in [9.17, 15) is 8.78 Å². The topological polar surface area (TPSA) is 26.0 Å². The number of fused-ring (bicyclic) bond motifs is 1. The summed E-state index contributed by atoms with van der Waals surface area (Å²) >= 11 is 0. The Balaban J connectivity index is 2.54. The zero-order valence-electron chi connectivity index (χ0n) is 10.6. The zero-order valence-corrected chi connectivity index (χ0v) is 10.6. The summed E-state index contributed by atoms with van der Waals surface area (Å²) in [4.78, 5) is 0. The van der Waals surface area contributed by atoms with Crippen molar-refractivity contribution in [2.45, 2.75) is 19.8 Å². The van der Waals surface area contributed by atoms with Crippen molar-refractivity contribution in [3.05, 3.63) is 48.0 Å². The van der Waals surface area contributed by atoms with E-state index in [0.29, 0.717) is 0 Å². The average Bonchev–Trinajstić information content (AvgIpc) is 2.37. The fraction of sp³-hybridized carbons (Fsp3) is 0.333. The Morgan fingerprint density at radius 1 is 1.00 bits per heavy atom. The van der Waals surface area contributed by atoms with Crippen LogP contribution < -0.4 is 5.73 Å². The Bertz CT molecular complexity index is 561. The number of hydrogen-bond acceptors (Lipinski definition) is 1. The number of nitrogens with two attached hydrogens (primary N) is 1. The van der Waals surface area contributed by atoms with E-state index in [4.69, 9.17) is 5.73 Å². The monoisotopic (exact) mass is 249 g/mol. The second-order valence-corrected chi connectivity index (χ2v) is 5.22. The van der Waals surface area contributed by atoms with E-state index < -0.39 is 11.3 Å². The van der Waals surface area contributed by atoms with E-state index in [1.54, 1.807) is 12.1 Å². The summed E-state index contributed by atoms with van der Waals surface area (Å²) in [5.74, 6) is -2.94. The average molecular weight is 249 g/mol. The first-order valence-electron chi connectivity index (χ1n) is 5.96. The van der Waals surface area contributed by atoms with Crippen LogP contribution in [0.1, 0.15) is 19.4 Å². The van der Waals surface area contributed by atoms with Crippen molar-refractivity contribution in [2.24, 2.45) is 11.1 Å². The summed E-state index contributed by atoms with van der Waals surface area (Å²) in [6.45, 7) is 2.91. The van der Waals surface area contributed by atoms with Gasteiger partial charge in [-0.2, -0.15) is 0 Å². The van der Waals surface area contributed by atoms with Gasteiger partial charge in [0.25, 0.3) is 5.92 Å². The molecule has 1 nitrogen and oxygen atoms in total. The summed E-state index contributed by atoms with van der Waals surface area (Å²) in [7, 11) is 0. The van der Waals surface area contributed by atoms with Crippen molar-refractivity contribution in [3.8, 4) is 0 Å². The largest absolute Gasteiger partial charge is 0.330 e. The molecule has 2 aromatic rings. The Labute approximate surface area is 106 Å². The Kier molecular flexibility index (Phi) is 3.11. The van der Waals surface area contributed by atoms with E-state index in [0.717, 1.165) is 10.8 Å². The highest BCUT2D eigenvalue weighted by molar-refractivity contribution is 5.83. The lowest BCUT2D eigenvalue weighted by atomic mass is 9.81. The van der Waals surface area contributed by atoms with Crippen LogP contribution in [-0.2, 0) is 5.92 Å². The Hall–Kier alpha value is -1.48. The first-order valence-corrected chi connectivity index (χ1v) is 5.96. The van der Waals surface area contributed by atoms with Crippen molar-refractivity contribution in [2.75, 3.05) is 6.54 Å². The van der Waals surface area contributed by atoms with Gasteiger partial charge < -0.3 is 5.73 Å². The predicted octanol–water partition coefficient (Wildman–Crippen LogP) is 3.92. The maximum absolute atomic E-state index is 14.4. The molecule has 0 spiro atoms. The van der Waals surface area contributed by atoms with E-state index in [1.807, 2.05) is 24.3 Å². The number of halogens is 2. The van der Waals surface area contributed by atoms with E-state index in [2.05, 4.69) is 0 Å². The van der Waals surface area contributed by atoms with E-state index in [1.165, 1.54) is 19.9 Å². The number of hydrogen-bond donors (Lipinski definition) is 1. The second-order valence-electron chi connectivity index (χ2n) is 5.22.